The smallest absolute Gasteiger partial charge is 0.277 e. The molecule has 10 nitrogen and oxygen atoms in total. The van der Waals surface area contributed by atoms with Gasteiger partial charge in [0.05, 0.1) is 22.8 Å². The number of H-pyrrole nitrogens is 1. The van der Waals surface area contributed by atoms with Crippen molar-refractivity contribution in [3.8, 4) is 17.1 Å². The van der Waals surface area contributed by atoms with Crippen molar-refractivity contribution in [2.75, 3.05) is 26.7 Å². The number of hydrogen-bond acceptors (Lipinski definition) is 7. The molecule has 3 aromatic rings. The largest absolute Gasteiger partial charge is 0.493 e. The lowest BCUT2D eigenvalue weighted by molar-refractivity contribution is 0.297. The Labute approximate surface area is 220 Å². The molecule has 1 aromatic carbocycles. The maximum absolute atomic E-state index is 13.3. The molecule has 0 bridgehead atoms. The number of hydrogen-bond donors (Lipinski definition) is 2. The number of ether oxygens (including phenoxy) is 1. The summed E-state index contributed by atoms with van der Waals surface area (Å²) < 4.78 is 83.2. The highest BCUT2D eigenvalue weighted by molar-refractivity contribution is 7.89. The SMILES string of the molecule is [2H]C(CC1CCCN1C)NS(=O)(=O)c1ccc(OCCC)c(-c2nc3c(CC([2H])([2H])C([2H])([2H])[2H])nn(C)c3c(=O)[nH]2)c1. The van der Waals surface area contributed by atoms with Crippen LogP contribution in [-0.4, -0.2) is 65.8 Å². The van der Waals surface area contributed by atoms with E-state index in [0.29, 0.717) is 19.4 Å². The van der Waals surface area contributed by atoms with Gasteiger partial charge in [-0.05, 0) is 63.9 Å². The molecule has 0 spiro atoms. The Kier molecular flexibility index (Phi) is 5.97. The summed E-state index contributed by atoms with van der Waals surface area (Å²) in [6.45, 7) is -0.918. The highest BCUT2D eigenvalue weighted by Gasteiger charge is 2.23. The first-order valence-corrected chi connectivity index (χ1v) is 13.4. The molecule has 36 heavy (non-hydrogen) atoms. The molecule has 2 atom stereocenters. The van der Waals surface area contributed by atoms with Crippen molar-refractivity contribution in [1.29, 1.82) is 0 Å². The number of benzene rings is 1. The highest BCUT2D eigenvalue weighted by Crippen LogP contribution is 2.31. The quantitative estimate of drug-likeness (QED) is 0.397. The maximum atomic E-state index is 13.3. The summed E-state index contributed by atoms with van der Waals surface area (Å²) >= 11 is 0. The van der Waals surface area contributed by atoms with E-state index < -0.39 is 41.7 Å². The normalized spacial score (nSPS) is 20.8. The number of sulfonamides is 1. The van der Waals surface area contributed by atoms with Gasteiger partial charge in [-0.1, -0.05) is 20.1 Å². The predicted molar refractivity (Wildman–Crippen MR) is 140 cm³/mol. The van der Waals surface area contributed by atoms with E-state index >= 15 is 0 Å². The second-order valence-electron chi connectivity index (χ2n) is 8.88. The van der Waals surface area contributed by atoms with Gasteiger partial charge in [0, 0.05) is 27.8 Å². The summed E-state index contributed by atoms with van der Waals surface area (Å²) in [7, 11) is -0.728. The van der Waals surface area contributed by atoms with Gasteiger partial charge in [0.1, 0.15) is 17.1 Å². The number of rotatable bonds is 11. The summed E-state index contributed by atoms with van der Waals surface area (Å²) in [5, 5.41) is 4.18. The van der Waals surface area contributed by atoms with Crippen LogP contribution in [0, 0.1) is 0 Å². The Balaban J connectivity index is 1.76. The van der Waals surface area contributed by atoms with Crippen LogP contribution in [0.2, 0.25) is 0 Å². The molecule has 11 heteroatoms. The van der Waals surface area contributed by atoms with Crippen molar-refractivity contribution in [3.05, 3.63) is 34.2 Å². The van der Waals surface area contributed by atoms with Crippen LogP contribution in [0.5, 0.6) is 5.75 Å². The Hall–Kier alpha value is -2.76. The zero-order valence-corrected chi connectivity index (χ0v) is 21.5. The van der Waals surface area contributed by atoms with Crippen molar-refractivity contribution in [2.24, 2.45) is 7.05 Å². The third-order valence-corrected chi connectivity index (χ3v) is 7.65. The predicted octanol–water partition coefficient (Wildman–Crippen LogP) is 2.83. The molecule has 1 fully saturated rings. The molecule has 0 radical (unpaired) electrons. The molecule has 1 aliphatic heterocycles. The number of nitrogens with zero attached hydrogens (tertiary/aromatic N) is 4. The van der Waals surface area contributed by atoms with Crippen molar-refractivity contribution in [1.82, 2.24) is 29.4 Å². The molecule has 4 rings (SSSR count). The van der Waals surface area contributed by atoms with Crippen molar-refractivity contribution in [3.63, 3.8) is 0 Å². The monoisotopic (exact) mass is 522 g/mol. The van der Waals surface area contributed by atoms with E-state index in [1.807, 2.05) is 14.0 Å². The second kappa shape index (κ2) is 11.1. The second-order valence-corrected chi connectivity index (χ2v) is 10.6. The summed E-state index contributed by atoms with van der Waals surface area (Å²) in [5.74, 6) is 0.186. The van der Waals surface area contributed by atoms with Crippen LogP contribution < -0.4 is 15.0 Å². The summed E-state index contributed by atoms with van der Waals surface area (Å²) in [4.78, 5) is 22.2. The first-order chi connectivity index (χ1) is 19.5. The molecular weight excluding hydrogens is 480 g/mol. The average Bonchev–Trinajstić information content (AvgIpc) is 3.42. The molecule has 0 saturated carbocycles. The number of aryl methyl sites for hydroxylation is 2. The summed E-state index contributed by atoms with van der Waals surface area (Å²) in [5.41, 5.74) is -0.521. The molecule has 1 saturated heterocycles. The van der Waals surface area contributed by atoms with Gasteiger partial charge in [-0.15, -0.1) is 0 Å². The lowest BCUT2D eigenvalue weighted by atomic mass is 10.1. The maximum Gasteiger partial charge on any atom is 0.277 e. The highest BCUT2D eigenvalue weighted by atomic mass is 32.2. The van der Waals surface area contributed by atoms with Crippen LogP contribution in [0.3, 0.4) is 0 Å². The summed E-state index contributed by atoms with van der Waals surface area (Å²) in [6, 6.07) is 4.21. The molecule has 1 aliphatic rings. The minimum atomic E-state index is -4.14. The topological polar surface area (TPSA) is 122 Å². The molecule has 0 aliphatic carbocycles. The van der Waals surface area contributed by atoms with Gasteiger partial charge in [0.15, 0.2) is 5.52 Å². The van der Waals surface area contributed by atoms with Crippen molar-refractivity contribution in [2.45, 2.75) is 63.2 Å². The Bertz CT molecular complexity index is 1610. The van der Waals surface area contributed by atoms with Crippen LogP contribution in [0.1, 0.15) is 59.8 Å². The molecule has 0 amide bonds. The van der Waals surface area contributed by atoms with Crippen molar-refractivity contribution >= 4 is 21.1 Å². The third kappa shape index (κ3) is 5.47. The van der Waals surface area contributed by atoms with Gasteiger partial charge in [0.2, 0.25) is 10.0 Å². The average molecular weight is 523 g/mol. The molecule has 2 aromatic heterocycles. The van der Waals surface area contributed by atoms with Gasteiger partial charge in [-0.3, -0.25) is 9.48 Å². The minimum absolute atomic E-state index is 0.00508. The van der Waals surface area contributed by atoms with Gasteiger partial charge >= 0.3 is 0 Å². The van der Waals surface area contributed by atoms with Crippen LogP contribution in [0.4, 0.5) is 0 Å². The van der Waals surface area contributed by atoms with Crippen LogP contribution in [0.15, 0.2) is 27.9 Å². The molecule has 3 heterocycles. The number of likely N-dealkylation sites (tertiary alicyclic amines) is 1. The van der Waals surface area contributed by atoms with Crippen LogP contribution in [0.25, 0.3) is 22.4 Å². The van der Waals surface area contributed by atoms with E-state index in [0.717, 1.165) is 19.4 Å². The standard InChI is InChI=1S/C25H36N6O4S/c1-5-8-20-22-23(31(4)29-20)25(32)28-24(27-22)19-16-18(10-11-21(19)35-15-6-2)36(33,34)26-13-12-17-9-7-14-30(17)3/h10-11,16-17,26H,5-9,12-15H2,1-4H3,(H,27,28,32)/i1D3,5D2,13D. The summed E-state index contributed by atoms with van der Waals surface area (Å²) in [6.07, 6.45) is -0.398. The van der Waals surface area contributed by atoms with E-state index in [1.54, 1.807) is 0 Å². The van der Waals surface area contributed by atoms with Gasteiger partial charge in [-0.2, -0.15) is 5.10 Å². The number of nitrogens with one attached hydrogen (secondary N) is 2. The molecular formula is C25H36N6O4S. The van der Waals surface area contributed by atoms with E-state index in [-0.39, 0.29) is 44.8 Å². The Morgan fingerprint density at radius 2 is 2.19 bits per heavy atom. The van der Waals surface area contributed by atoms with Crippen LogP contribution in [-0.2, 0) is 23.5 Å². The zero-order chi connectivity index (χ0) is 31.0. The van der Waals surface area contributed by atoms with Crippen molar-refractivity contribution < 1.29 is 21.4 Å². The third-order valence-electron chi connectivity index (χ3n) is 6.30. The first kappa shape index (κ1) is 19.4. The van der Waals surface area contributed by atoms with E-state index in [2.05, 4.69) is 24.7 Å². The molecule has 196 valence electrons. The fourth-order valence-electron chi connectivity index (χ4n) is 4.42. The minimum Gasteiger partial charge on any atom is -0.493 e. The lowest BCUT2D eigenvalue weighted by Gasteiger charge is -2.19. The Morgan fingerprint density at radius 1 is 1.36 bits per heavy atom. The fraction of sp³-hybridized carbons (Fsp3) is 0.560. The zero-order valence-electron chi connectivity index (χ0n) is 26.7. The van der Waals surface area contributed by atoms with E-state index in [4.69, 9.17) is 13.0 Å². The van der Waals surface area contributed by atoms with Gasteiger partial charge < -0.3 is 14.6 Å². The van der Waals surface area contributed by atoms with Gasteiger partial charge in [-0.25, -0.2) is 18.1 Å². The number of aromatic amines is 1. The molecule has 2 unspecified atom stereocenters. The van der Waals surface area contributed by atoms with E-state index in [1.165, 1.54) is 29.9 Å². The fourth-order valence-corrected chi connectivity index (χ4v) is 5.39. The van der Waals surface area contributed by atoms with Gasteiger partial charge in [0.25, 0.3) is 5.56 Å². The number of fused-ring (bicyclic) bond motifs is 1. The van der Waals surface area contributed by atoms with E-state index in [9.17, 15) is 13.2 Å². The molecule has 2 N–H and O–H groups in total. The first-order valence-electron chi connectivity index (χ1n) is 15.0. The van der Waals surface area contributed by atoms with Crippen LogP contribution >= 0.6 is 0 Å². The lowest BCUT2D eigenvalue weighted by Crippen LogP contribution is -2.31. The Morgan fingerprint density at radius 3 is 2.92 bits per heavy atom. The number of aromatic nitrogens is 4.